The molecule has 6 nitrogen and oxygen atoms in total. The van der Waals surface area contributed by atoms with Crippen LogP contribution in [-0.4, -0.2) is 25.0 Å². The van der Waals surface area contributed by atoms with E-state index in [0.717, 1.165) is 22.9 Å². The van der Waals surface area contributed by atoms with Gasteiger partial charge >= 0.3 is 5.97 Å². The van der Waals surface area contributed by atoms with Crippen molar-refractivity contribution in [2.45, 2.75) is 25.7 Å². The molecule has 0 radical (unpaired) electrons. The summed E-state index contributed by atoms with van der Waals surface area (Å²) in [5, 5.41) is 1.78. The van der Waals surface area contributed by atoms with Crippen LogP contribution in [0.3, 0.4) is 0 Å². The molecule has 3 aromatic carbocycles. The van der Waals surface area contributed by atoms with E-state index < -0.39 is 11.4 Å². The van der Waals surface area contributed by atoms with Crippen molar-refractivity contribution in [2.75, 3.05) is 18.1 Å². The van der Waals surface area contributed by atoms with Crippen LogP contribution in [0.25, 0.3) is 10.8 Å². The van der Waals surface area contributed by atoms with E-state index in [0.29, 0.717) is 23.4 Å². The lowest BCUT2D eigenvalue weighted by Crippen LogP contribution is -2.48. The van der Waals surface area contributed by atoms with Crippen LogP contribution in [0.4, 0.5) is 5.69 Å². The van der Waals surface area contributed by atoms with Crippen LogP contribution in [0.5, 0.6) is 5.75 Å². The third kappa shape index (κ3) is 2.52. The maximum atomic E-state index is 14.3. The van der Waals surface area contributed by atoms with Gasteiger partial charge in [0.2, 0.25) is 11.8 Å². The van der Waals surface area contributed by atoms with Gasteiger partial charge in [0.05, 0.1) is 6.61 Å². The van der Waals surface area contributed by atoms with Gasteiger partial charge in [0.1, 0.15) is 16.7 Å². The first-order valence-corrected chi connectivity index (χ1v) is 10.8. The molecule has 0 saturated heterocycles. The van der Waals surface area contributed by atoms with Gasteiger partial charge in [-0.2, -0.15) is 0 Å². The number of carbonyl (C=O) groups is 2. The van der Waals surface area contributed by atoms with E-state index in [-0.39, 0.29) is 24.0 Å². The molecule has 3 aromatic rings. The zero-order valence-corrected chi connectivity index (χ0v) is 18.1. The molecule has 0 bridgehead atoms. The van der Waals surface area contributed by atoms with E-state index in [9.17, 15) is 9.59 Å². The summed E-state index contributed by atoms with van der Waals surface area (Å²) in [7, 11) is 0. The van der Waals surface area contributed by atoms with Gasteiger partial charge in [0.15, 0.2) is 0 Å². The highest BCUT2D eigenvalue weighted by molar-refractivity contribution is 6.19. The monoisotopic (exact) mass is 428 g/mol. The minimum atomic E-state index is -1.43. The number of anilines is 1. The highest BCUT2D eigenvalue weighted by Gasteiger charge is 2.61. The smallest absolute Gasteiger partial charge is 0.341 e. The summed E-state index contributed by atoms with van der Waals surface area (Å²) in [6.07, 6.45) is 0.769. The molecule has 1 atom stereocenters. The summed E-state index contributed by atoms with van der Waals surface area (Å²) in [4.78, 5) is 29.3. The van der Waals surface area contributed by atoms with Crippen molar-refractivity contribution in [1.29, 1.82) is 0 Å². The number of carbonyl (C=O) groups excluding carboxylic acids is 2. The topological polar surface area (TPSA) is 81.9 Å². The fourth-order valence-corrected chi connectivity index (χ4v) is 4.99. The highest BCUT2D eigenvalue weighted by Crippen LogP contribution is 2.56. The highest BCUT2D eigenvalue weighted by atomic mass is 16.5. The first-order chi connectivity index (χ1) is 15.6. The summed E-state index contributed by atoms with van der Waals surface area (Å²) < 4.78 is 11.4. The van der Waals surface area contributed by atoms with Crippen LogP contribution in [0, 0.1) is 0 Å². The van der Waals surface area contributed by atoms with Gasteiger partial charge in [-0.15, -0.1) is 0 Å². The molecule has 32 heavy (non-hydrogen) atoms. The Morgan fingerprint density at radius 3 is 2.56 bits per heavy atom. The lowest BCUT2D eigenvalue weighted by molar-refractivity contribution is -0.140. The van der Waals surface area contributed by atoms with Crippen LogP contribution >= 0.6 is 0 Å². The number of ether oxygens (including phenoxy) is 2. The molecule has 2 heterocycles. The zero-order valence-electron chi connectivity index (χ0n) is 18.1. The van der Waals surface area contributed by atoms with Crippen molar-refractivity contribution in [3.8, 4) is 5.75 Å². The van der Waals surface area contributed by atoms with E-state index in [2.05, 4.69) is 0 Å². The third-order valence-corrected chi connectivity index (χ3v) is 6.21. The number of nitrogens with two attached hydrogens (primary N) is 1. The fraction of sp³-hybridized carbons (Fsp3) is 0.231. The predicted molar refractivity (Wildman–Crippen MR) is 122 cm³/mol. The molecule has 2 aliphatic rings. The maximum Gasteiger partial charge on any atom is 0.341 e. The normalized spacial score (nSPS) is 19.2. The number of fused-ring (bicyclic) bond motifs is 6. The van der Waals surface area contributed by atoms with Crippen LogP contribution < -0.4 is 15.4 Å². The van der Waals surface area contributed by atoms with Crippen LogP contribution in [-0.2, 0) is 19.7 Å². The van der Waals surface area contributed by atoms with E-state index in [1.807, 2.05) is 67.6 Å². The van der Waals surface area contributed by atoms with Gasteiger partial charge < -0.3 is 20.1 Å². The van der Waals surface area contributed by atoms with Crippen molar-refractivity contribution in [1.82, 2.24) is 0 Å². The lowest BCUT2D eigenvalue weighted by Gasteiger charge is -2.36. The molecule has 1 unspecified atom stereocenters. The van der Waals surface area contributed by atoms with Gasteiger partial charge in [0, 0.05) is 28.7 Å². The number of hydrogen-bond donors (Lipinski definition) is 1. The van der Waals surface area contributed by atoms with Gasteiger partial charge in [-0.25, -0.2) is 4.79 Å². The fourth-order valence-electron chi connectivity index (χ4n) is 4.99. The summed E-state index contributed by atoms with van der Waals surface area (Å²) in [6.45, 7) is 4.42. The number of nitrogens with zero attached hydrogens (tertiary/aromatic N) is 1. The van der Waals surface area contributed by atoms with Crippen molar-refractivity contribution in [2.24, 2.45) is 5.73 Å². The molecule has 0 saturated carbocycles. The second-order valence-electron chi connectivity index (χ2n) is 7.95. The van der Waals surface area contributed by atoms with Crippen molar-refractivity contribution < 1.29 is 19.1 Å². The van der Waals surface area contributed by atoms with Gasteiger partial charge in [0.25, 0.3) is 0 Å². The summed E-state index contributed by atoms with van der Waals surface area (Å²) >= 11 is 0. The Hall–Kier alpha value is -3.80. The Bertz CT molecular complexity index is 1300. The molecule has 0 aromatic heterocycles. The molecular weight excluding hydrogens is 404 g/mol. The summed E-state index contributed by atoms with van der Waals surface area (Å²) in [5.41, 5.74) is 7.09. The number of rotatable bonds is 4. The van der Waals surface area contributed by atoms with E-state index in [1.165, 1.54) is 0 Å². The van der Waals surface area contributed by atoms with Crippen molar-refractivity contribution in [3.05, 3.63) is 83.2 Å². The molecule has 1 spiro atoms. The minimum absolute atomic E-state index is 0.0400. The number of esters is 1. The molecule has 0 aliphatic carbocycles. The predicted octanol–water partition coefficient (Wildman–Crippen LogP) is 4.01. The number of hydrogen-bond acceptors (Lipinski definition) is 5. The number of benzene rings is 3. The summed E-state index contributed by atoms with van der Waals surface area (Å²) in [6, 6.07) is 19.1. The average Bonchev–Trinajstić information content (AvgIpc) is 3.03. The van der Waals surface area contributed by atoms with Gasteiger partial charge in [-0.05, 0) is 24.8 Å². The van der Waals surface area contributed by atoms with Crippen LogP contribution in [0.2, 0.25) is 0 Å². The maximum absolute atomic E-state index is 14.3. The minimum Gasteiger partial charge on any atom is -0.462 e. The third-order valence-electron chi connectivity index (χ3n) is 6.21. The van der Waals surface area contributed by atoms with Crippen molar-refractivity contribution in [3.63, 3.8) is 0 Å². The second-order valence-corrected chi connectivity index (χ2v) is 7.95. The molecular formula is C26H24N2O4. The SMILES string of the molecule is CCCN1C(=O)C2(C(C(=O)OCC)=C(N)Oc3c2ccc2ccccc32)c2ccccc21. The number of para-hydroxylation sites is 1. The number of amides is 1. The largest absolute Gasteiger partial charge is 0.462 e. The van der Waals surface area contributed by atoms with Gasteiger partial charge in [-0.1, -0.05) is 61.5 Å². The Kier molecular flexibility index (Phi) is 4.66. The molecule has 6 heteroatoms. The lowest BCUT2D eigenvalue weighted by atomic mass is 9.68. The summed E-state index contributed by atoms with van der Waals surface area (Å²) in [5.74, 6) is -0.472. The van der Waals surface area contributed by atoms with Crippen molar-refractivity contribution >= 4 is 28.3 Å². The first kappa shape index (κ1) is 20.1. The second kappa shape index (κ2) is 7.41. The molecule has 2 N–H and O–H groups in total. The van der Waals surface area contributed by atoms with Crippen LogP contribution in [0.1, 0.15) is 31.4 Å². The Balaban J connectivity index is 1.91. The van der Waals surface area contributed by atoms with E-state index in [4.69, 9.17) is 15.2 Å². The molecule has 162 valence electrons. The molecule has 5 rings (SSSR count). The Morgan fingerprint density at radius 1 is 1.03 bits per heavy atom. The molecule has 1 amide bonds. The molecule has 0 fully saturated rings. The van der Waals surface area contributed by atoms with E-state index >= 15 is 0 Å². The Morgan fingerprint density at radius 2 is 1.78 bits per heavy atom. The quantitative estimate of drug-likeness (QED) is 0.635. The average molecular weight is 428 g/mol. The Labute approximate surface area is 186 Å². The van der Waals surface area contributed by atoms with E-state index in [1.54, 1.807) is 11.8 Å². The standard InChI is InChI=1S/C26H24N2O4/c1-3-15-28-20-12-8-7-11-18(20)26(25(28)30)19-14-13-16-9-5-6-10-17(16)22(19)32-23(27)21(26)24(29)31-4-2/h5-14H,3-4,15,27H2,1-2H3. The first-order valence-electron chi connectivity index (χ1n) is 10.8. The molecule has 2 aliphatic heterocycles. The van der Waals surface area contributed by atoms with Gasteiger partial charge in [-0.3, -0.25) is 4.79 Å². The zero-order chi connectivity index (χ0) is 22.5. The van der Waals surface area contributed by atoms with Crippen LogP contribution in [0.15, 0.2) is 72.1 Å².